The summed E-state index contributed by atoms with van der Waals surface area (Å²) in [6.07, 6.45) is 1.59. The maximum Gasteiger partial charge on any atom is 0.322 e. The highest BCUT2D eigenvalue weighted by atomic mass is 16.4. The van der Waals surface area contributed by atoms with Gasteiger partial charge in [-0.15, -0.1) is 0 Å². The molecule has 1 heterocycles. The topological polar surface area (TPSA) is 91.3 Å². The highest BCUT2D eigenvalue weighted by Crippen LogP contribution is 1.97. The van der Waals surface area contributed by atoms with Crippen LogP contribution in [0.3, 0.4) is 0 Å². The fourth-order valence-electron chi connectivity index (χ4n) is 0.875. The quantitative estimate of drug-likeness (QED) is 0.619. The average molecular weight is 209 g/mol. The zero-order chi connectivity index (χ0) is 11.1. The van der Waals surface area contributed by atoms with Crippen molar-refractivity contribution in [2.24, 2.45) is 0 Å². The van der Waals surface area contributed by atoms with E-state index >= 15 is 0 Å². The van der Waals surface area contributed by atoms with Crippen LogP contribution in [0, 0.1) is 0 Å². The molecule has 1 aromatic rings. The summed E-state index contributed by atoms with van der Waals surface area (Å²) in [5.74, 6) is -0.882. The fraction of sp³-hybridized carbons (Fsp3) is 0.222. The van der Waals surface area contributed by atoms with E-state index in [9.17, 15) is 9.59 Å². The van der Waals surface area contributed by atoms with Gasteiger partial charge in [-0.3, -0.25) is 9.59 Å². The number of rotatable bonds is 5. The average Bonchev–Trinajstić information content (AvgIpc) is 2.25. The van der Waals surface area contributed by atoms with Crippen LogP contribution in [0.25, 0.3) is 0 Å². The van der Waals surface area contributed by atoms with Crippen LogP contribution in [-0.4, -0.2) is 35.1 Å². The third-order valence-electron chi connectivity index (χ3n) is 1.53. The van der Waals surface area contributed by atoms with Gasteiger partial charge in [0, 0.05) is 6.20 Å². The van der Waals surface area contributed by atoms with Gasteiger partial charge in [0.15, 0.2) is 0 Å². The van der Waals surface area contributed by atoms with Crippen molar-refractivity contribution in [3.63, 3.8) is 0 Å². The lowest BCUT2D eigenvalue weighted by Crippen LogP contribution is -2.33. The molecule has 0 saturated heterocycles. The molecule has 1 aromatic heterocycles. The van der Waals surface area contributed by atoms with E-state index in [0.717, 1.165) is 0 Å². The van der Waals surface area contributed by atoms with Crippen LogP contribution >= 0.6 is 0 Å². The normalized spacial score (nSPS) is 9.33. The first-order valence-corrected chi connectivity index (χ1v) is 4.32. The maximum atomic E-state index is 11.1. The van der Waals surface area contributed by atoms with Crippen molar-refractivity contribution in [1.29, 1.82) is 0 Å². The molecule has 0 aliphatic carbocycles. The monoisotopic (exact) mass is 209 g/mol. The molecule has 0 spiro atoms. The zero-order valence-corrected chi connectivity index (χ0v) is 7.93. The van der Waals surface area contributed by atoms with Crippen molar-refractivity contribution >= 4 is 17.7 Å². The van der Waals surface area contributed by atoms with Gasteiger partial charge in [0.1, 0.15) is 12.4 Å². The van der Waals surface area contributed by atoms with Crippen molar-refractivity contribution in [3.8, 4) is 0 Å². The van der Waals surface area contributed by atoms with Crippen molar-refractivity contribution in [1.82, 2.24) is 10.3 Å². The number of carboxylic acid groups (broad SMARTS) is 1. The number of nitrogens with one attached hydrogen (secondary N) is 2. The molecule has 3 N–H and O–H groups in total. The number of nitrogens with zero attached hydrogens (tertiary/aromatic N) is 1. The first-order chi connectivity index (χ1) is 7.18. The molecular weight excluding hydrogens is 198 g/mol. The highest BCUT2D eigenvalue weighted by Gasteiger charge is 2.03. The van der Waals surface area contributed by atoms with Crippen LogP contribution in [0.1, 0.15) is 0 Å². The number of carboxylic acids is 1. The molecule has 0 fully saturated rings. The summed E-state index contributed by atoms with van der Waals surface area (Å²) < 4.78 is 0. The summed E-state index contributed by atoms with van der Waals surface area (Å²) in [7, 11) is 0. The highest BCUT2D eigenvalue weighted by molar-refractivity contribution is 5.84. The minimum absolute atomic E-state index is 0.00426. The van der Waals surface area contributed by atoms with E-state index < -0.39 is 5.97 Å². The molecule has 15 heavy (non-hydrogen) atoms. The minimum Gasteiger partial charge on any atom is -0.480 e. The van der Waals surface area contributed by atoms with Crippen molar-refractivity contribution in [2.45, 2.75) is 0 Å². The minimum atomic E-state index is -1.07. The fourth-order valence-corrected chi connectivity index (χ4v) is 0.875. The maximum absolute atomic E-state index is 11.1. The van der Waals surface area contributed by atoms with Crippen LogP contribution in [0.4, 0.5) is 5.82 Å². The Bertz CT molecular complexity index is 340. The van der Waals surface area contributed by atoms with Gasteiger partial charge < -0.3 is 15.7 Å². The number of carbonyl (C=O) groups excluding carboxylic acids is 1. The number of pyridine rings is 1. The van der Waals surface area contributed by atoms with Gasteiger partial charge in [0.05, 0.1) is 6.54 Å². The molecule has 6 nitrogen and oxygen atoms in total. The van der Waals surface area contributed by atoms with Crippen LogP contribution in [0.2, 0.25) is 0 Å². The lowest BCUT2D eigenvalue weighted by atomic mass is 10.4. The van der Waals surface area contributed by atoms with Crippen LogP contribution in [-0.2, 0) is 9.59 Å². The number of hydrogen-bond donors (Lipinski definition) is 3. The standard InChI is InChI=1S/C9H11N3O3/c13-8(12-6-9(14)15)5-11-7-3-1-2-4-10-7/h1-4H,5-6H2,(H,10,11)(H,12,13)(H,14,15). The first-order valence-electron chi connectivity index (χ1n) is 4.32. The van der Waals surface area contributed by atoms with E-state index in [1.54, 1.807) is 24.4 Å². The molecule has 0 atom stereocenters. The Morgan fingerprint density at radius 2 is 2.13 bits per heavy atom. The molecule has 0 unspecified atom stereocenters. The van der Waals surface area contributed by atoms with E-state index in [1.807, 2.05) is 0 Å². The Labute approximate surface area is 86.3 Å². The van der Waals surface area contributed by atoms with Gasteiger partial charge in [-0.05, 0) is 12.1 Å². The predicted molar refractivity (Wildman–Crippen MR) is 53.4 cm³/mol. The van der Waals surface area contributed by atoms with E-state index in [-0.39, 0.29) is 19.0 Å². The Hall–Kier alpha value is -2.11. The second kappa shape index (κ2) is 5.58. The Morgan fingerprint density at radius 1 is 1.33 bits per heavy atom. The van der Waals surface area contributed by atoms with Crippen molar-refractivity contribution < 1.29 is 14.7 Å². The molecule has 80 valence electrons. The molecule has 0 saturated carbocycles. The molecule has 0 bridgehead atoms. The number of aromatic nitrogens is 1. The van der Waals surface area contributed by atoms with Gasteiger partial charge in [0.2, 0.25) is 5.91 Å². The van der Waals surface area contributed by atoms with Crippen LogP contribution in [0.15, 0.2) is 24.4 Å². The molecule has 0 aliphatic heterocycles. The van der Waals surface area contributed by atoms with Gasteiger partial charge in [-0.25, -0.2) is 4.98 Å². The molecule has 0 aromatic carbocycles. The van der Waals surface area contributed by atoms with Gasteiger partial charge in [-0.1, -0.05) is 6.07 Å². The van der Waals surface area contributed by atoms with E-state index in [1.165, 1.54) is 0 Å². The van der Waals surface area contributed by atoms with Crippen molar-refractivity contribution in [2.75, 3.05) is 18.4 Å². The second-order valence-electron chi connectivity index (χ2n) is 2.74. The Morgan fingerprint density at radius 3 is 2.73 bits per heavy atom. The molecule has 0 aliphatic rings. The van der Waals surface area contributed by atoms with Crippen LogP contribution < -0.4 is 10.6 Å². The van der Waals surface area contributed by atoms with Gasteiger partial charge >= 0.3 is 5.97 Å². The molecule has 0 radical (unpaired) electrons. The molecule has 1 amide bonds. The smallest absolute Gasteiger partial charge is 0.322 e. The number of carbonyl (C=O) groups is 2. The molecule has 6 heteroatoms. The third kappa shape index (κ3) is 4.61. The lowest BCUT2D eigenvalue weighted by Gasteiger charge is -2.04. The number of aliphatic carboxylic acids is 1. The Kier molecular flexibility index (Phi) is 4.08. The summed E-state index contributed by atoms with van der Waals surface area (Å²) in [6.45, 7) is -0.368. The summed E-state index contributed by atoms with van der Waals surface area (Å²) in [5, 5.41) is 13.3. The number of amides is 1. The van der Waals surface area contributed by atoms with Gasteiger partial charge in [-0.2, -0.15) is 0 Å². The van der Waals surface area contributed by atoms with E-state index in [2.05, 4.69) is 15.6 Å². The number of hydrogen-bond acceptors (Lipinski definition) is 4. The second-order valence-corrected chi connectivity index (χ2v) is 2.74. The Balaban J connectivity index is 2.26. The summed E-state index contributed by atoms with van der Waals surface area (Å²) in [4.78, 5) is 25.1. The third-order valence-corrected chi connectivity index (χ3v) is 1.53. The van der Waals surface area contributed by atoms with Gasteiger partial charge in [0.25, 0.3) is 0 Å². The zero-order valence-electron chi connectivity index (χ0n) is 7.93. The van der Waals surface area contributed by atoms with E-state index in [0.29, 0.717) is 5.82 Å². The SMILES string of the molecule is O=C(O)CNC(=O)CNc1ccccn1. The lowest BCUT2D eigenvalue weighted by molar-refractivity contribution is -0.137. The predicted octanol–water partition coefficient (Wildman–Crippen LogP) is -0.306. The molecule has 1 rings (SSSR count). The summed E-state index contributed by atoms with van der Waals surface area (Å²) in [6, 6.07) is 5.25. The van der Waals surface area contributed by atoms with Crippen LogP contribution in [0.5, 0.6) is 0 Å². The number of anilines is 1. The summed E-state index contributed by atoms with van der Waals surface area (Å²) in [5.41, 5.74) is 0. The molecular formula is C9H11N3O3. The summed E-state index contributed by atoms with van der Waals surface area (Å²) >= 11 is 0. The van der Waals surface area contributed by atoms with Crippen molar-refractivity contribution in [3.05, 3.63) is 24.4 Å². The first kappa shape index (κ1) is 11.0. The van der Waals surface area contributed by atoms with E-state index in [4.69, 9.17) is 5.11 Å². The largest absolute Gasteiger partial charge is 0.480 e.